The Balaban J connectivity index is 1.66. The molecule has 1 aliphatic carbocycles. The van der Waals surface area contributed by atoms with Crippen LogP contribution >= 0.6 is 0 Å². The summed E-state index contributed by atoms with van der Waals surface area (Å²) in [6.07, 6.45) is 6.88. The Kier molecular flexibility index (Phi) is 5.25. The first-order chi connectivity index (χ1) is 13.6. The average Bonchev–Trinajstić information content (AvgIpc) is 3.29. The Morgan fingerprint density at radius 3 is 2.43 bits per heavy atom. The fourth-order valence-electron chi connectivity index (χ4n) is 4.14. The normalized spacial score (nSPS) is 19.4. The second-order valence-electron chi connectivity index (χ2n) is 7.42. The molecule has 3 aromatic rings. The third kappa shape index (κ3) is 3.34. The summed E-state index contributed by atoms with van der Waals surface area (Å²) in [5, 5.41) is 1.03. The van der Waals surface area contributed by atoms with Gasteiger partial charge in [-0.2, -0.15) is 8.78 Å². The number of benzene rings is 2. The fraction of sp³-hybridized carbons (Fsp3) is 0.391. The van der Waals surface area contributed by atoms with Gasteiger partial charge in [-0.25, -0.2) is 0 Å². The van der Waals surface area contributed by atoms with E-state index in [1.54, 1.807) is 18.2 Å². The molecule has 148 valence electrons. The van der Waals surface area contributed by atoms with Crippen LogP contribution in [-0.4, -0.2) is 12.7 Å². The van der Waals surface area contributed by atoms with Gasteiger partial charge in [0.25, 0.3) is 0 Å². The van der Waals surface area contributed by atoms with Crippen LogP contribution in [0.15, 0.2) is 41.3 Å². The minimum Gasteiger partial charge on any atom is -0.487 e. The number of furan rings is 1. The van der Waals surface area contributed by atoms with Gasteiger partial charge in [0.2, 0.25) is 11.6 Å². The molecule has 2 aromatic carbocycles. The molecule has 0 bridgehead atoms. The molecule has 1 fully saturated rings. The Hall–Kier alpha value is -2.56. The van der Waals surface area contributed by atoms with Crippen LogP contribution in [0.25, 0.3) is 21.9 Å². The van der Waals surface area contributed by atoms with Crippen molar-refractivity contribution < 1.29 is 22.7 Å². The Morgan fingerprint density at radius 2 is 1.75 bits per heavy atom. The Bertz CT molecular complexity index is 1010. The highest BCUT2D eigenvalue weighted by atomic mass is 19.1. The zero-order valence-electron chi connectivity index (χ0n) is 16.0. The molecule has 2 atom stereocenters. The average molecular weight is 386 g/mol. The zero-order valence-corrected chi connectivity index (χ0v) is 16.0. The summed E-state index contributed by atoms with van der Waals surface area (Å²) in [6, 6.07) is 6.53. The summed E-state index contributed by atoms with van der Waals surface area (Å²) in [5.74, 6) is -0.360. The molecule has 0 saturated heterocycles. The lowest BCUT2D eigenvalue weighted by Gasteiger charge is -2.14. The van der Waals surface area contributed by atoms with Crippen molar-refractivity contribution in [3.8, 4) is 11.5 Å². The van der Waals surface area contributed by atoms with Crippen molar-refractivity contribution in [3.63, 3.8) is 0 Å². The minimum absolute atomic E-state index is 0.00961. The van der Waals surface area contributed by atoms with Gasteiger partial charge in [0.1, 0.15) is 6.61 Å². The molecule has 4 rings (SSSR count). The van der Waals surface area contributed by atoms with Gasteiger partial charge in [0.05, 0.1) is 6.10 Å². The van der Waals surface area contributed by atoms with Crippen LogP contribution in [0.3, 0.4) is 0 Å². The summed E-state index contributed by atoms with van der Waals surface area (Å²) in [4.78, 5) is 0. The lowest BCUT2D eigenvalue weighted by Crippen LogP contribution is -2.13. The maximum Gasteiger partial charge on any atom is 0.208 e. The molecular formula is C23H24F2O3. The lowest BCUT2D eigenvalue weighted by molar-refractivity contribution is 0.194. The second-order valence-corrected chi connectivity index (χ2v) is 7.42. The summed E-state index contributed by atoms with van der Waals surface area (Å²) in [5.41, 5.74) is -0.00753. The molecule has 0 amide bonds. The van der Waals surface area contributed by atoms with Gasteiger partial charge in [0.15, 0.2) is 22.7 Å². The van der Waals surface area contributed by atoms with E-state index in [1.807, 2.05) is 0 Å². The number of halogens is 2. The topological polar surface area (TPSA) is 31.6 Å². The van der Waals surface area contributed by atoms with Crippen LogP contribution in [0.1, 0.15) is 39.0 Å². The molecule has 0 radical (unpaired) electrons. The second kappa shape index (κ2) is 7.82. The van der Waals surface area contributed by atoms with Crippen LogP contribution in [0.2, 0.25) is 0 Å². The van der Waals surface area contributed by atoms with Crippen molar-refractivity contribution in [2.75, 3.05) is 6.61 Å². The number of fused-ring (bicyclic) bond motifs is 3. The standard InChI is InChI=1S/C23H24F2O3/c1-3-5-14-6-7-15(13-14)27-19-11-9-17-16-8-10-18(26-12-4-2)20(24)22(16)28-23(17)21(19)25/h4,8-11,14-15H,2-3,5-7,12-13H2,1H3. The first-order valence-corrected chi connectivity index (χ1v) is 9.86. The molecule has 5 heteroatoms. The van der Waals surface area contributed by atoms with Crippen LogP contribution in [0.5, 0.6) is 11.5 Å². The fourth-order valence-corrected chi connectivity index (χ4v) is 4.14. The number of ether oxygens (including phenoxy) is 2. The molecule has 28 heavy (non-hydrogen) atoms. The molecular weight excluding hydrogens is 362 g/mol. The summed E-state index contributed by atoms with van der Waals surface area (Å²) in [6.45, 7) is 5.90. The van der Waals surface area contributed by atoms with Crippen LogP contribution in [-0.2, 0) is 0 Å². The molecule has 1 heterocycles. The van der Waals surface area contributed by atoms with Crippen molar-refractivity contribution >= 4 is 21.9 Å². The van der Waals surface area contributed by atoms with Crippen molar-refractivity contribution in [2.24, 2.45) is 5.92 Å². The van der Waals surface area contributed by atoms with E-state index in [2.05, 4.69) is 13.5 Å². The van der Waals surface area contributed by atoms with Crippen molar-refractivity contribution in [1.82, 2.24) is 0 Å². The third-order valence-electron chi connectivity index (χ3n) is 5.46. The van der Waals surface area contributed by atoms with Gasteiger partial charge in [-0.15, -0.1) is 0 Å². The Morgan fingerprint density at radius 1 is 1.07 bits per heavy atom. The summed E-state index contributed by atoms with van der Waals surface area (Å²) >= 11 is 0. The molecule has 1 saturated carbocycles. The largest absolute Gasteiger partial charge is 0.487 e. The quantitative estimate of drug-likeness (QED) is 0.420. The van der Waals surface area contributed by atoms with Crippen LogP contribution in [0.4, 0.5) is 8.78 Å². The SMILES string of the molecule is C=CCOc1ccc2c(oc3c(F)c(OC4CCC(CCC)C4)ccc32)c1F. The third-order valence-corrected chi connectivity index (χ3v) is 5.46. The summed E-state index contributed by atoms with van der Waals surface area (Å²) in [7, 11) is 0. The van der Waals surface area contributed by atoms with E-state index in [9.17, 15) is 4.39 Å². The molecule has 0 N–H and O–H groups in total. The van der Waals surface area contributed by atoms with E-state index in [1.165, 1.54) is 18.6 Å². The van der Waals surface area contributed by atoms with Crippen molar-refractivity contribution in [1.29, 1.82) is 0 Å². The van der Waals surface area contributed by atoms with Crippen molar-refractivity contribution in [3.05, 3.63) is 48.6 Å². The number of rotatable bonds is 7. The lowest BCUT2D eigenvalue weighted by atomic mass is 10.0. The monoisotopic (exact) mass is 386 g/mol. The number of hydrogen-bond acceptors (Lipinski definition) is 3. The summed E-state index contributed by atoms with van der Waals surface area (Å²) < 4.78 is 46.5. The highest BCUT2D eigenvalue weighted by Crippen LogP contribution is 2.39. The van der Waals surface area contributed by atoms with Gasteiger partial charge >= 0.3 is 0 Å². The van der Waals surface area contributed by atoms with Gasteiger partial charge in [-0.3, -0.25) is 0 Å². The van der Waals surface area contributed by atoms with Gasteiger partial charge < -0.3 is 13.9 Å². The van der Waals surface area contributed by atoms with Crippen LogP contribution < -0.4 is 9.47 Å². The van der Waals surface area contributed by atoms with Crippen molar-refractivity contribution in [2.45, 2.75) is 45.1 Å². The van der Waals surface area contributed by atoms with E-state index in [4.69, 9.17) is 13.9 Å². The first-order valence-electron chi connectivity index (χ1n) is 9.86. The number of hydrogen-bond donors (Lipinski definition) is 0. The van der Waals surface area contributed by atoms with Gasteiger partial charge in [-0.1, -0.05) is 32.4 Å². The Labute approximate surface area is 162 Å². The molecule has 0 spiro atoms. The highest BCUT2D eigenvalue weighted by molar-refractivity contribution is 6.06. The maximum atomic E-state index is 15.1. The van der Waals surface area contributed by atoms with Gasteiger partial charge in [-0.05, 0) is 49.4 Å². The molecule has 1 aromatic heterocycles. The van der Waals surface area contributed by atoms with E-state index in [0.717, 1.165) is 25.7 Å². The van der Waals surface area contributed by atoms with E-state index in [-0.39, 0.29) is 35.4 Å². The smallest absolute Gasteiger partial charge is 0.208 e. The minimum atomic E-state index is -0.643. The molecule has 2 unspecified atom stereocenters. The van der Waals surface area contributed by atoms with E-state index < -0.39 is 11.6 Å². The predicted octanol–water partition coefficient (Wildman–Crippen LogP) is 6.78. The first kappa shape index (κ1) is 18.8. The van der Waals surface area contributed by atoms with E-state index in [0.29, 0.717) is 16.7 Å². The molecule has 1 aliphatic rings. The zero-order chi connectivity index (χ0) is 19.7. The maximum absolute atomic E-state index is 15.1. The van der Waals surface area contributed by atoms with E-state index >= 15 is 4.39 Å². The highest BCUT2D eigenvalue weighted by Gasteiger charge is 2.27. The predicted molar refractivity (Wildman–Crippen MR) is 106 cm³/mol. The van der Waals surface area contributed by atoms with Gasteiger partial charge in [0, 0.05) is 10.8 Å². The van der Waals surface area contributed by atoms with Crippen LogP contribution in [0, 0.1) is 17.6 Å². The molecule has 3 nitrogen and oxygen atoms in total. The molecule has 0 aliphatic heterocycles.